The van der Waals surface area contributed by atoms with Crippen molar-refractivity contribution in [2.45, 2.75) is 25.0 Å². The molecule has 2 aliphatic rings. The minimum absolute atomic E-state index is 0.00212. The van der Waals surface area contributed by atoms with E-state index in [-0.39, 0.29) is 24.0 Å². The van der Waals surface area contributed by atoms with Gasteiger partial charge in [-0.2, -0.15) is 5.21 Å². The van der Waals surface area contributed by atoms with E-state index in [0.717, 1.165) is 18.4 Å². The molecule has 1 atom stereocenters. The van der Waals surface area contributed by atoms with Crippen molar-refractivity contribution in [3.05, 3.63) is 70.6 Å². The van der Waals surface area contributed by atoms with Crippen LogP contribution in [0.3, 0.4) is 0 Å². The van der Waals surface area contributed by atoms with Crippen LogP contribution in [0.5, 0.6) is 11.5 Å². The molecule has 2 heterocycles. The predicted molar refractivity (Wildman–Crippen MR) is 104 cm³/mol. The highest BCUT2D eigenvalue weighted by molar-refractivity contribution is 6.09. The molecular weight excluding hydrogens is 370 g/mol. The molecule has 1 aromatic heterocycles. The summed E-state index contributed by atoms with van der Waals surface area (Å²) in [6, 6.07) is 11.5. The third-order valence-corrected chi connectivity index (χ3v) is 5.24. The van der Waals surface area contributed by atoms with E-state index in [0.29, 0.717) is 11.3 Å². The van der Waals surface area contributed by atoms with Gasteiger partial charge in [-0.1, -0.05) is 30.3 Å². The van der Waals surface area contributed by atoms with Gasteiger partial charge in [0.15, 0.2) is 17.3 Å². The first kappa shape index (κ1) is 17.6. The first-order valence-corrected chi connectivity index (χ1v) is 9.44. The molecule has 8 nitrogen and oxygen atoms in total. The molecule has 0 saturated heterocycles. The molecular formula is C21H19N5O3. The van der Waals surface area contributed by atoms with Crippen LogP contribution < -0.4 is 15.2 Å². The molecule has 3 aromatic rings. The summed E-state index contributed by atoms with van der Waals surface area (Å²) in [5.74, 6) is 0.670. The first-order chi connectivity index (χ1) is 14.1. The number of aryl methyl sites for hydroxylation is 2. The van der Waals surface area contributed by atoms with E-state index >= 15 is 0 Å². The van der Waals surface area contributed by atoms with Crippen molar-refractivity contribution in [1.82, 2.24) is 20.6 Å². The van der Waals surface area contributed by atoms with Gasteiger partial charge in [0.25, 0.3) is 5.72 Å². The molecule has 0 bridgehead atoms. The summed E-state index contributed by atoms with van der Waals surface area (Å²) in [5, 5.41) is 13.6. The van der Waals surface area contributed by atoms with Crippen LogP contribution in [-0.2, 0) is 18.6 Å². The Morgan fingerprint density at radius 3 is 2.97 bits per heavy atom. The first-order valence-electron chi connectivity index (χ1n) is 9.44. The Balaban J connectivity index is 1.43. The predicted octanol–water partition coefficient (Wildman–Crippen LogP) is 2.17. The summed E-state index contributed by atoms with van der Waals surface area (Å²) in [6.45, 7) is 0.00212. The number of hydrogen-bond acceptors (Lipinski definition) is 7. The molecule has 0 spiro atoms. The van der Waals surface area contributed by atoms with Gasteiger partial charge in [0.05, 0.1) is 5.56 Å². The summed E-state index contributed by atoms with van der Waals surface area (Å²) in [7, 11) is 0. The fraction of sp³-hybridized carbons (Fsp3) is 0.238. The van der Waals surface area contributed by atoms with E-state index in [2.05, 4.69) is 32.8 Å². The number of ether oxygens (including phenoxy) is 2. The zero-order valence-electron chi connectivity index (χ0n) is 15.6. The van der Waals surface area contributed by atoms with Gasteiger partial charge in [0.2, 0.25) is 5.82 Å². The normalized spacial score (nSPS) is 20.0. The topological polar surface area (TPSA) is 116 Å². The molecule has 2 aromatic carbocycles. The second-order valence-corrected chi connectivity index (χ2v) is 7.23. The lowest BCUT2D eigenvalue weighted by atomic mass is 10.0. The van der Waals surface area contributed by atoms with E-state index in [1.165, 1.54) is 23.6 Å². The minimum atomic E-state index is -1.43. The number of hydrogen-bond donors (Lipinski definition) is 2. The molecule has 1 unspecified atom stereocenters. The van der Waals surface area contributed by atoms with Gasteiger partial charge >= 0.3 is 0 Å². The van der Waals surface area contributed by atoms with Crippen LogP contribution in [0.1, 0.15) is 39.3 Å². The number of ketones is 1. The van der Waals surface area contributed by atoms with Gasteiger partial charge < -0.3 is 9.47 Å². The summed E-state index contributed by atoms with van der Waals surface area (Å²) < 4.78 is 11.7. The third-order valence-electron chi connectivity index (χ3n) is 5.24. The lowest BCUT2D eigenvalue weighted by molar-refractivity contribution is -0.0154. The van der Waals surface area contributed by atoms with Crippen molar-refractivity contribution in [3.8, 4) is 11.5 Å². The van der Waals surface area contributed by atoms with Crippen molar-refractivity contribution >= 4 is 11.9 Å². The number of nitrogens with two attached hydrogens (primary N) is 1. The molecule has 146 valence electrons. The van der Waals surface area contributed by atoms with Crippen LogP contribution in [0.2, 0.25) is 0 Å². The minimum Gasteiger partial charge on any atom is -0.483 e. The molecule has 0 fully saturated rings. The Kier molecular flexibility index (Phi) is 4.13. The number of carbonyl (C=O) groups excluding carboxylic acids is 1. The molecule has 5 rings (SSSR count). The number of allylic oxidation sites excluding steroid dienone is 1. The zero-order valence-corrected chi connectivity index (χ0v) is 15.6. The number of tetrazole rings is 1. The van der Waals surface area contributed by atoms with Gasteiger partial charge in [-0.3, -0.25) is 10.5 Å². The lowest BCUT2D eigenvalue weighted by Gasteiger charge is -2.33. The summed E-state index contributed by atoms with van der Waals surface area (Å²) in [6.07, 6.45) is 6.77. The largest absolute Gasteiger partial charge is 0.483 e. The standard InChI is InChI=1S/C21H19N5O3/c22-21(20-23-25-26-24-20)12-28-18-6-2-5-16(19(18)29-21)17(27)10-8-13-7-9-14-3-1-4-15(14)11-13/h2,5-11H,1,3-4,12,22H2,(H,23,24,25,26). The highest BCUT2D eigenvalue weighted by Crippen LogP contribution is 2.39. The number of H-pyrrole nitrogens is 1. The fourth-order valence-corrected chi connectivity index (χ4v) is 3.73. The number of rotatable bonds is 4. The van der Waals surface area contributed by atoms with Crippen molar-refractivity contribution in [2.75, 3.05) is 6.61 Å². The molecule has 0 saturated carbocycles. The summed E-state index contributed by atoms with van der Waals surface area (Å²) in [5.41, 5.74) is 8.96. The third kappa shape index (κ3) is 3.17. The Morgan fingerprint density at radius 1 is 1.21 bits per heavy atom. The number of benzene rings is 2. The van der Waals surface area contributed by atoms with Crippen LogP contribution >= 0.6 is 0 Å². The molecule has 1 aliphatic heterocycles. The summed E-state index contributed by atoms with van der Waals surface area (Å²) >= 11 is 0. The molecule has 3 N–H and O–H groups in total. The average Bonchev–Trinajstić information content (AvgIpc) is 3.43. The SMILES string of the molecule is NC1(c2nn[nH]n2)COc2cccc(C(=O)C=Cc3ccc4c(c3)CCC4)c2O1. The Morgan fingerprint density at radius 2 is 2.10 bits per heavy atom. The maximum atomic E-state index is 12.9. The average molecular weight is 389 g/mol. The Hall–Kier alpha value is -3.52. The number of para-hydroxylation sites is 1. The number of carbonyl (C=O) groups is 1. The second-order valence-electron chi connectivity index (χ2n) is 7.23. The zero-order chi connectivity index (χ0) is 19.8. The van der Waals surface area contributed by atoms with E-state index in [4.69, 9.17) is 15.2 Å². The van der Waals surface area contributed by atoms with Crippen molar-refractivity contribution in [2.24, 2.45) is 5.73 Å². The quantitative estimate of drug-likeness (QED) is 0.519. The van der Waals surface area contributed by atoms with E-state index in [1.54, 1.807) is 18.2 Å². The van der Waals surface area contributed by atoms with E-state index in [1.807, 2.05) is 12.1 Å². The maximum absolute atomic E-state index is 12.9. The van der Waals surface area contributed by atoms with Crippen LogP contribution in [0, 0.1) is 0 Å². The van der Waals surface area contributed by atoms with Gasteiger partial charge in [0.1, 0.15) is 6.61 Å². The van der Waals surface area contributed by atoms with Gasteiger partial charge in [0, 0.05) is 0 Å². The number of fused-ring (bicyclic) bond motifs is 2. The second kappa shape index (κ2) is 6.82. The number of nitrogens with one attached hydrogen (secondary N) is 1. The number of nitrogens with zero attached hydrogens (tertiary/aromatic N) is 3. The van der Waals surface area contributed by atoms with Gasteiger partial charge in [-0.25, -0.2) is 0 Å². The van der Waals surface area contributed by atoms with Crippen molar-refractivity contribution in [1.29, 1.82) is 0 Å². The monoisotopic (exact) mass is 389 g/mol. The van der Waals surface area contributed by atoms with Crippen molar-refractivity contribution < 1.29 is 14.3 Å². The number of aromatic nitrogens is 4. The molecule has 8 heteroatoms. The lowest BCUT2D eigenvalue weighted by Crippen LogP contribution is -2.51. The van der Waals surface area contributed by atoms with Crippen LogP contribution in [0.15, 0.2) is 42.5 Å². The molecule has 0 radical (unpaired) electrons. The highest BCUT2D eigenvalue weighted by Gasteiger charge is 2.41. The molecule has 29 heavy (non-hydrogen) atoms. The maximum Gasteiger partial charge on any atom is 0.257 e. The van der Waals surface area contributed by atoms with Crippen LogP contribution in [0.4, 0.5) is 0 Å². The highest BCUT2D eigenvalue weighted by atomic mass is 16.6. The van der Waals surface area contributed by atoms with Crippen molar-refractivity contribution in [3.63, 3.8) is 0 Å². The van der Waals surface area contributed by atoms with Gasteiger partial charge in [-0.05, 0) is 59.4 Å². The van der Waals surface area contributed by atoms with Crippen LogP contribution in [0.25, 0.3) is 6.08 Å². The molecule has 1 aliphatic carbocycles. The van der Waals surface area contributed by atoms with E-state index in [9.17, 15) is 4.79 Å². The fourth-order valence-electron chi connectivity index (χ4n) is 3.73. The Labute approximate surface area is 166 Å². The summed E-state index contributed by atoms with van der Waals surface area (Å²) in [4.78, 5) is 12.9. The van der Waals surface area contributed by atoms with Crippen LogP contribution in [-0.4, -0.2) is 33.0 Å². The van der Waals surface area contributed by atoms with Gasteiger partial charge in [-0.15, -0.1) is 10.2 Å². The smallest absolute Gasteiger partial charge is 0.257 e. The molecule has 0 amide bonds. The number of aromatic amines is 1. The van der Waals surface area contributed by atoms with E-state index < -0.39 is 5.72 Å². The Bertz CT molecular complexity index is 1110.